The third-order valence-electron chi connectivity index (χ3n) is 3.35. The molecule has 0 aliphatic carbocycles. The molecule has 0 aliphatic heterocycles. The van der Waals surface area contributed by atoms with Crippen LogP contribution in [0.2, 0.25) is 0 Å². The van der Waals surface area contributed by atoms with Crippen LogP contribution in [0.25, 0.3) is 0 Å². The molecule has 0 radical (unpaired) electrons. The Morgan fingerprint density at radius 2 is 1.62 bits per heavy atom. The zero-order valence-electron chi connectivity index (χ0n) is 12.0. The van der Waals surface area contributed by atoms with Gasteiger partial charge in [-0.2, -0.15) is 0 Å². The third kappa shape index (κ3) is 4.77. The monoisotopic (exact) mass is 287 g/mol. The van der Waals surface area contributed by atoms with Crippen LogP contribution in [-0.4, -0.2) is 27.9 Å². The second-order valence-corrected chi connectivity index (χ2v) is 5.30. The fourth-order valence-corrected chi connectivity index (χ4v) is 2.28. The summed E-state index contributed by atoms with van der Waals surface area (Å²) in [7, 11) is 0. The van der Waals surface area contributed by atoms with Crippen LogP contribution in [0.15, 0.2) is 48.5 Å². The Bertz CT molecular complexity index is 551. The lowest BCUT2D eigenvalue weighted by atomic mass is 10.1. The second kappa shape index (κ2) is 7.11. The van der Waals surface area contributed by atoms with Crippen LogP contribution in [0.1, 0.15) is 24.2 Å². The normalized spacial score (nSPS) is 13.8. The van der Waals surface area contributed by atoms with Gasteiger partial charge in [0.05, 0.1) is 6.10 Å². The number of hydrogen-bond acceptors (Lipinski definition) is 4. The molecule has 0 amide bonds. The van der Waals surface area contributed by atoms with E-state index in [4.69, 9.17) is 0 Å². The van der Waals surface area contributed by atoms with Crippen LogP contribution >= 0.6 is 0 Å². The largest absolute Gasteiger partial charge is 0.508 e. The molecule has 2 rings (SSSR count). The van der Waals surface area contributed by atoms with Gasteiger partial charge in [0.25, 0.3) is 0 Å². The molecule has 0 saturated heterocycles. The van der Waals surface area contributed by atoms with E-state index in [0.717, 1.165) is 6.42 Å². The first-order chi connectivity index (χ1) is 10.0. The Kier molecular flexibility index (Phi) is 5.20. The van der Waals surface area contributed by atoms with E-state index in [2.05, 4.69) is 24.4 Å². The molecule has 0 heterocycles. The number of nitrogens with one attached hydrogen (secondary N) is 1. The van der Waals surface area contributed by atoms with E-state index in [0.29, 0.717) is 12.1 Å². The van der Waals surface area contributed by atoms with Gasteiger partial charge in [-0.25, -0.2) is 0 Å². The smallest absolute Gasteiger partial charge is 0.119 e. The van der Waals surface area contributed by atoms with Gasteiger partial charge in [-0.3, -0.25) is 0 Å². The van der Waals surface area contributed by atoms with Crippen molar-refractivity contribution in [2.45, 2.75) is 25.5 Å². The minimum absolute atomic E-state index is 0.0543. The molecule has 2 atom stereocenters. The molecule has 112 valence electrons. The van der Waals surface area contributed by atoms with Gasteiger partial charge in [0.15, 0.2) is 0 Å². The first kappa shape index (κ1) is 15.4. The average molecular weight is 287 g/mol. The van der Waals surface area contributed by atoms with Gasteiger partial charge < -0.3 is 20.6 Å². The number of aliphatic hydroxyl groups excluding tert-OH is 1. The highest BCUT2D eigenvalue weighted by Crippen LogP contribution is 2.24. The van der Waals surface area contributed by atoms with Crippen molar-refractivity contribution in [3.8, 4) is 11.5 Å². The standard InChI is InChI=1S/C17H21NO3/c1-12(7-13-5-3-2-4-6-13)18-11-17(21)14-8-15(19)10-16(20)9-14/h2-6,8-10,12,17-21H,7,11H2,1H3/t12?,17-/m0/s1. The van der Waals surface area contributed by atoms with E-state index in [9.17, 15) is 15.3 Å². The highest BCUT2D eigenvalue weighted by Gasteiger charge is 2.11. The van der Waals surface area contributed by atoms with Gasteiger partial charge >= 0.3 is 0 Å². The first-order valence-electron chi connectivity index (χ1n) is 7.03. The Morgan fingerprint density at radius 1 is 1.00 bits per heavy atom. The molecular weight excluding hydrogens is 266 g/mol. The fraction of sp³-hybridized carbons (Fsp3) is 0.294. The van der Waals surface area contributed by atoms with Crippen molar-refractivity contribution in [2.75, 3.05) is 6.54 Å². The van der Waals surface area contributed by atoms with Crippen LogP contribution < -0.4 is 5.32 Å². The minimum atomic E-state index is -0.777. The Balaban J connectivity index is 1.87. The molecule has 21 heavy (non-hydrogen) atoms. The number of phenols is 2. The number of rotatable bonds is 6. The zero-order chi connectivity index (χ0) is 15.2. The SMILES string of the molecule is CC(Cc1ccccc1)NC[C@H](O)c1cc(O)cc(O)c1. The molecule has 4 heteroatoms. The summed E-state index contributed by atoms with van der Waals surface area (Å²) in [5.41, 5.74) is 1.73. The van der Waals surface area contributed by atoms with Crippen LogP contribution in [0, 0.1) is 0 Å². The number of aliphatic hydroxyl groups is 1. The maximum atomic E-state index is 10.1. The second-order valence-electron chi connectivity index (χ2n) is 5.30. The number of aromatic hydroxyl groups is 2. The van der Waals surface area contributed by atoms with Gasteiger partial charge in [-0.05, 0) is 36.6 Å². The Morgan fingerprint density at radius 3 is 2.24 bits per heavy atom. The van der Waals surface area contributed by atoms with E-state index >= 15 is 0 Å². The summed E-state index contributed by atoms with van der Waals surface area (Å²) in [5, 5.41) is 32.2. The minimum Gasteiger partial charge on any atom is -0.508 e. The van der Waals surface area contributed by atoms with Crippen LogP contribution in [0.4, 0.5) is 0 Å². The Labute approximate surface area is 124 Å². The lowest BCUT2D eigenvalue weighted by Gasteiger charge is -2.18. The predicted molar refractivity (Wildman–Crippen MR) is 82.3 cm³/mol. The van der Waals surface area contributed by atoms with Crippen LogP contribution in [-0.2, 0) is 6.42 Å². The molecule has 4 N–H and O–H groups in total. The highest BCUT2D eigenvalue weighted by atomic mass is 16.3. The molecule has 1 unspecified atom stereocenters. The van der Waals surface area contributed by atoms with E-state index in [1.165, 1.54) is 23.8 Å². The van der Waals surface area contributed by atoms with Gasteiger partial charge in [-0.15, -0.1) is 0 Å². The predicted octanol–water partition coefficient (Wildman–Crippen LogP) is 2.35. The van der Waals surface area contributed by atoms with Crippen molar-refractivity contribution in [1.82, 2.24) is 5.32 Å². The summed E-state index contributed by atoms with van der Waals surface area (Å²) >= 11 is 0. The molecule has 2 aromatic rings. The molecular formula is C17H21NO3. The van der Waals surface area contributed by atoms with Gasteiger partial charge in [0, 0.05) is 18.7 Å². The van der Waals surface area contributed by atoms with Crippen molar-refractivity contribution in [3.05, 3.63) is 59.7 Å². The third-order valence-corrected chi connectivity index (χ3v) is 3.35. The van der Waals surface area contributed by atoms with Crippen molar-refractivity contribution in [3.63, 3.8) is 0 Å². The first-order valence-corrected chi connectivity index (χ1v) is 7.03. The quantitative estimate of drug-likeness (QED) is 0.658. The maximum absolute atomic E-state index is 10.1. The Hall–Kier alpha value is -2.04. The lowest BCUT2D eigenvalue weighted by molar-refractivity contribution is 0.170. The summed E-state index contributed by atoms with van der Waals surface area (Å²) in [6.07, 6.45) is 0.0972. The van der Waals surface area contributed by atoms with Crippen LogP contribution in [0.3, 0.4) is 0 Å². The van der Waals surface area contributed by atoms with E-state index in [-0.39, 0.29) is 17.5 Å². The van der Waals surface area contributed by atoms with E-state index < -0.39 is 6.10 Å². The summed E-state index contributed by atoms with van der Waals surface area (Å²) in [6.45, 7) is 2.41. The van der Waals surface area contributed by atoms with Crippen molar-refractivity contribution in [2.24, 2.45) is 0 Å². The van der Waals surface area contributed by atoms with Gasteiger partial charge in [0.2, 0.25) is 0 Å². The average Bonchev–Trinajstić information content (AvgIpc) is 2.45. The van der Waals surface area contributed by atoms with E-state index in [1.54, 1.807) is 0 Å². The lowest BCUT2D eigenvalue weighted by Crippen LogP contribution is -2.32. The highest BCUT2D eigenvalue weighted by molar-refractivity contribution is 5.37. The topological polar surface area (TPSA) is 72.7 Å². The van der Waals surface area contributed by atoms with Gasteiger partial charge in [0.1, 0.15) is 11.5 Å². The van der Waals surface area contributed by atoms with Crippen molar-refractivity contribution in [1.29, 1.82) is 0 Å². The molecule has 0 saturated carbocycles. The van der Waals surface area contributed by atoms with Crippen LogP contribution in [0.5, 0.6) is 11.5 Å². The number of benzene rings is 2. The fourth-order valence-electron chi connectivity index (χ4n) is 2.28. The molecule has 0 bridgehead atoms. The number of phenolic OH excluding ortho intramolecular Hbond substituents is 2. The maximum Gasteiger partial charge on any atom is 0.119 e. The molecule has 0 fully saturated rings. The molecule has 0 spiro atoms. The summed E-state index contributed by atoms with van der Waals surface area (Å²) in [6, 6.07) is 14.5. The molecule has 4 nitrogen and oxygen atoms in total. The zero-order valence-corrected chi connectivity index (χ0v) is 12.0. The van der Waals surface area contributed by atoms with E-state index in [1.807, 2.05) is 18.2 Å². The molecule has 0 aromatic heterocycles. The summed E-state index contributed by atoms with van der Waals surface area (Å²) in [4.78, 5) is 0. The number of hydrogen-bond donors (Lipinski definition) is 4. The molecule has 2 aromatic carbocycles. The summed E-state index contributed by atoms with van der Waals surface area (Å²) in [5.74, 6) is -0.109. The summed E-state index contributed by atoms with van der Waals surface area (Å²) < 4.78 is 0. The van der Waals surface area contributed by atoms with Gasteiger partial charge in [-0.1, -0.05) is 30.3 Å². The van der Waals surface area contributed by atoms with Crippen molar-refractivity contribution >= 4 is 0 Å². The van der Waals surface area contributed by atoms with Crippen molar-refractivity contribution < 1.29 is 15.3 Å². The molecule has 0 aliphatic rings.